The lowest BCUT2D eigenvalue weighted by Crippen LogP contribution is -2.28. The summed E-state index contributed by atoms with van der Waals surface area (Å²) < 4.78 is 5.73. The van der Waals surface area contributed by atoms with Gasteiger partial charge in [0, 0.05) is 7.11 Å². The van der Waals surface area contributed by atoms with Crippen LogP contribution in [-0.2, 0) is 11.2 Å². The monoisotopic (exact) mass is 247 g/mol. The Balaban J connectivity index is 2.35. The van der Waals surface area contributed by atoms with E-state index in [9.17, 15) is 0 Å². The Morgan fingerprint density at radius 3 is 2.44 bits per heavy atom. The fourth-order valence-corrected chi connectivity index (χ4v) is 2.25. The van der Waals surface area contributed by atoms with Gasteiger partial charge in [-0.2, -0.15) is 0 Å². The van der Waals surface area contributed by atoms with Gasteiger partial charge < -0.3 is 4.74 Å². The number of ether oxygens (including phenoxy) is 1. The van der Waals surface area contributed by atoms with Crippen LogP contribution in [0.25, 0.3) is 0 Å². The predicted molar refractivity (Wildman–Crippen MR) is 77.8 cm³/mol. The third-order valence-corrected chi connectivity index (χ3v) is 3.78. The van der Waals surface area contributed by atoms with E-state index in [-0.39, 0.29) is 5.60 Å². The molecule has 18 heavy (non-hydrogen) atoms. The van der Waals surface area contributed by atoms with Gasteiger partial charge in [0.2, 0.25) is 0 Å². The molecule has 101 valence electrons. The van der Waals surface area contributed by atoms with Gasteiger partial charge in [-0.15, -0.1) is 0 Å². The highest BCUT2D eigenvalue weighted by atomic mass is 16.5. The molecule has 0 aromatic heterocycles. The van der Waals surface area contributed by atoms with Crippen molar-refractivity contribution in [1.29, 1.82) is 0 Å². The summed E-state index contributed by atoms with van der Waals surface area (Å²) in [4.78, 5) is 0. The van der Waals surface area contributed by atoms with E-state index in [1.54, 1.807) is 0 Å². The van der Waals surface area contributed by atoms with Gasteiger partial charge in [0.25, 0.3) is 0 Å². The van der Waals surface area contributed by atoms with Gasteiger partial charge in [0.05, 0.1) is 5.60 Å². The predicted octanol–water partition coefficient (Wildman–Crippen LogP) is 4.79. The Hall–Kier alpha value is -0.820. The van der Waals surface area contributed by atoms with Crippen LogP contribution in [0.3, 0.4) is 0 Å². The maximum Gasteiger partial charge on any atom is 0.0654 e. The van der Waals surface area contributed by atoms with E-state index in [2.05, 4.69) is 32.0 Å². The number of hydrogen-bond acceptors (Lipinski definition) is 1. The molecule has 1 heteroatoms. The summed E-state index contributed by atoms with van der Waals surface area (Å²) >= 11 is 0. The third kappa shape index (κ3) is 5.68. The smallest absolute Gasteiger partial charge is 0.0654 e. The molecule has 1 aromatic rings. The Kier molecular flexibility index (Phi) is 7.04. The van der Waals surface area contributed by atoms with Crippen LogP contribution in [0.1, 0.15) is 57.9 Å². The molecule has 0 saturated heterocycles. The van der Waals surface area contributed by atoms with Crippen molar-refractivity contribution in [1.82, 2.24) is 0 Å². The second-order valence-electron chi connectivity index (χ2n) is 5.37. The zero-order valence-electron chi connectivity index (χ0n) is 12.2. The topological polar surface area (TPSA) is 9.23 Å². The lowest BCUT2D eigenvalue weighted by Gasteiger charge is -2.28. The normalized spacial score (nSPS) is 14.4. The lowest BCUT2D eigenvalue weighted by molar-refractivity contribution is -0.00984. The molecule has 0 saturated carbocycles. The van der Waals surface area contributed by atoms with E-state index in [0.29, 0.717) is 0 Å². The van der Waals surface area contributed by atoms with Crippen molar-refractivity contribution in [2.24, 2.45) is 0 Å². The first-order valence-corrected chi connectivity index (χ1v) is 7.20. The minimum Gasteiger partial charge on any atom is -0.379 e. The maximum absolute atomic E-state index is 5.73. The molecule has 1 aromatic carbocycles. The molecule has 1 unspecified atom stereocenters. The molecule has 1 atom stereocenters. The summed E-state index contributed by atoms with van der Waals surface area (Å²) in [5.74, 6) is 0. The summed E-state index contributed by atoms with van der Waals surface area (Å²) in [7, 11) is 1.85. The molecular weight excluding hydrogens is 220 g/mol. The highest BCUT2D eigenvalue weighted by molar-refractivity contribution is 5.14. The van der Waals surface area contributed by atoms with E-state index < -0.39 is 0 Å². The number of hydrogen-bond donors (Lipinski definition) is 0. The van der Waals surface area contributed by atoms with Gasteiger partial charge in [-0.05, 0) is 37.8 Å². The molecule has 1 nitrogen and oxygen atoms in total. The van der Waals surface area contributed by atoms with E-state index in [1.807, 2.05) is 19.2 Å². The van der Waals surface area contributed by atoms with E-state index in [0.717, 1.165) is 12.8 Å². The average Bonchev–Trinajstić information content (AvgIpc) is 2.43. The van der Waals surface area contributed by atoms with Crippen LogP contribution in [0.2, 0.25) is 0 Å². The van der Waals surface area contributed by atoms with Crippen LogP contribution in [0.4, 0.5) is 0 Å². The number of unbranched alkanes of at least 4 members (excludes halogenated alkanes) is 3. The van der Waals surface area contributed by atoms with E-state index >= 15 is 0 Å². The molecule has 0 aliphatic carbocycles. The number of benzene rings is 1. The highest BCUT2D eigenvalue weighted by Crippen LogP contribution is 2.24. The van der Waals surface area contributed by atoms with E-state index in [4.69, 9.17) is 4.74 Å². The summed E-state index contributed by atoms with van der Waals surface area (Å²) in [6.45, 7) is 4.50. The molecule has 0 heterocycles. The van der Waals surface area contributed by atoms with Gasteiger partial charge in [-0.1, -0.05) is 56.9 Å². The zero-order valence-corrected chi connectivity index (χ0v) is 12.2. The summed E-state index contributed by atoms with van der Waals surface area (Å²) in [5, 5.41) is 0. The number of rotatable bonds is 9. The molecule has 1 rings (SSSR count). The van der Waals surface area contributed by atoms with Crippen molar-refractivity contribution in [2.75, 3.05) is 7.11 Å². The molecule has 0 spiro atoms. The third-order valence-electron chi connectivity index (χ3n) is 3.78. The first-order valence-electron chi connectivity index (χ1n) is 7.20. The van der Waals surface area contributed by atoms with Crippen LogP contribution in [0.15, 0.2) is 24.3 Å². The quantitative estimate of drug-likeness (QED) is 0.570. The molecule has 0 bridgehead atoms. The summed E-state index contributed by atoms with van der Waals surface area (Å²) in [6.07, 6.45) is 8.60. The first-order chi connectivity index (χ1) is 8.70. The van der Waals surface area contributed by atoms with Gasteiger partial charge in [-0.25, -0.2) is 0 Å². The largest absolute Gasteiger partial charge is 0.379 e. The van der Waals surface area contributed by atoms with Crippen LogP contribution in [0.5, 0.6) is 0 Å². The van der Waals surface area contributed by atoms with Crippen molar-refractivity contribution >= 4 is 0 Å². The zero-order chi connectivity index (χ0) is 13.3. The molecule has 0 amide bonds. The Morgan fingerprint density at radius 1 is 1.11 bits per heavy atom. The summed E-state index contributed by atoms with van der Waals surface area (Å²) in [5.41, 5.74) is 1.42. The Bertz CT molecular complexity index is 307. The van der Waals surface area contributed by atoms with Crippen molar-refractivity contribution in [3.8, 4) is 0 Å². The van der Waals surface area contributed by atoms with Gasteiger partial charge >= 0.3 is 0 Å². The Labute approximate surface area is 113 Å². The van der Waals surface area contributed by atoms with Gasteiger partial charge in [0.15, 0.2) is 0 Å². The number of methoxy groups -OCH3 is 1. The molecule has 0 N–H and O–H groups in total. The lowest BCUT2D eigenvalue weighted by atomic mass is 9.91. The van der Waals surface area contributed by atoms with Crippen molar-refractivity contribution in [2.45, 2.75) is 64.4 Å². The summed E-state index contributed by atoms with van der Waals surface area (Å²) in [6, 6.07) is 11.3. The highest BCUT2D eigenvalue weighted by Gasteiger charge is 2.22. The molecule has 0 fully saturated rings. The number of aryl methyl sites for hydroxylation is 1. The van der Waals surface area contributed by atoms with Crippen molar-refractivity contribution in [3.05, 3.63) is 35.9 Å². The van der Waals surface area contributed by atoms with Crippen molar-refractivity contribution in [3.63, 3.8) is 0 Å². The molecule has 0 aliphatic heterocycles. The Morgan fingerprint density at radius 2 is 1.83 bits per heavy atom. The van der Waals surface area contributed by atoms with E-state index in [1.165, 1.54) is 37.7 Å². The molecule has 0 aliphatic rings. The van der Waals surface area contributed by atoms with Crippen LogP contribution in [0, 0.1) is 6.07 Å². The molecular formula is C17H27O. The van der Waals surface area contributed by atoms with Crippen LogP contribution >= 0.6 is 0 Å². The minimum absolute atomic E-state index is 0.0350. The average molecular weight is 247 g/mol. The van der Waals surface area contributed by atoms with Gasteiger partial charge in [-0.3, -0.25) is 0 Å². The first kappa shape index (κ1) is 15.2. The maximum atomic E-state index is 5.73. The fourth-order valence-electron chi connectivity index (χ4n) is 2.25. The minimum atomic E-state index is 0.0350. The van der Waals surface area contributed by atoms with Crippen molar-refractivity contribution < 1.29 is 4.74 Å². The molecule has 1 radical (unpaired) electrons. The van der Waals surface area contributed by atoms with Crippen LogP contribution in [-0.4, -0.2) is 12.7 Å². The second-order valence-corrected chi connectivity index (χ2v) is 5.37. The van der Waals surface area contributed by atoms with Crippen LogP contribution < -0.4 is 0 Å². The standard InChI is InChI=1S/C17H27O/c1-4-5-6-10-14-17(2,18-3)15-13-16-11-8-7-9-12-16/h8-9,11-12H,4-6,10,13-15H2,1-3H3. The second kappa shape index (κ2) is 8.31. The van der Waals surface area contributed by atoms with Gasteiger partial charge in [0.1, 0.15) is 0 Å². The fraction of sp³-hybridized carbons (Fsp3) is 0.647. The SMILES string of the molecule is CCCCCCC(C)(CCc1cc[c]cc1)OC.